The zero-order valence-electron chi connectivity index (χ0n) is 11.8. The summed E-state index contributed by atoms with van der Waals surface area (Å²) in [6.07, 6.45) is 4.10. The van der Waals surface area contributed by atoms with Crippen LogP contribution in [0, 0.1) is 6.92 Å². The van der Waals surface area contributed by atoms with Gasteiger partial charge in [-0.05, 0) is 31.9 Å². The molecule has 6 heteroatoms. The van der Waals surface area contributed by atoms with Crippen molar-refractivity contribution in [2.45, 2.75) is 33.2 Å². The summed E-state index contributed by atoms with van der Waals surface area (Å²) in [5.41, 5.74) is 2.41. The summed E-state index contributed by atoms with van der Waals surface area (Å²) in [4.78, 5) is 14.2. The highest BCUT2D eigenvalue weighted by atomic mass is 32.1. The fourth-order valence-electron chi connectivity index (χ4n) is 3.06. The highest BCUT2D eigenvalue weighted by Crippen LogP contribution is 2.35. The van der Waals surface area contributed by atoms with Crippen molar-refractivity contribution >= 4 is 27.2 Å². The summed E-state index contributed by atoms with van der Waals surface area (Å²) >= 11 is 1.82. The van der Waals surface area contributed by atoms with Crippen molar-refractivity contribution in [2.24, 2.45) is 0 Å². The van der Waals surface area contributed by atoms with Gasteiger partial charge in [-0.2, -0.15) is 5.10 Å². The van der Waals surface area contributed by atoms with Crippen molar-refractivity contribution in [3.05, 3.63) is 22.6 Å². The monoisotopic (exact) mass is 287 g/mol. The highest BCUT2D eigenvalue weighted by molar-refractivity contribution is 7.19. The van der Waals surface area contributed by atoms with E-state index in [1.54, 1.807) is 6.33 Å². The van der Waals surface area contributed by atoms with Crippen LogP contribution in [0.3, 0.4) is 0 Å². The van der Waals surface area contributed by atoms with Gasteiger partial charge in [0.25, 0.3) is 0 Å². The van der Waals surface area contributed by atoms with Crippen LogP contribution < -0.4 is 0 Å². The fraction of sp³-hybridized carbons (Fsp3) is 0.500. The summed E-state index contributed by atoms with van der Waals surface area (Å²) in [5.74, 6) is 0.808. The van der Waals surface area contributed by atoms with Crippen LogP contribution in [0.5, 0.6) is 0 Å². The van der Waals surface area contributed by atoms with Gasteiger partial charge < -0.3 is 0 Å². The Morgan fingerprint density at radius 3 is 3.15 bits per heavy atom. The first-order valence-electron chi connectivity index (χ1n) is 7.11. The maximum Gasteiger partial charge on any atom is 0.167 e. The molecule has 3 aromatic rings. The van der Waals surface area contributed by atoms with Crippen LogP contribution in [0.4, 0.5) is 0 Å². The molecular formula is C14H17N5S. The van der Waals surface area contributed by atoms with Gasteiger partial charge in [-0.25, -0.2) is 14.5 Å². The van der Waals surface area contributed by atoms with Crippen LogP contribution in [-0.4, -0.2) is 37.6 Å². The molecule has 0 radical (unpaired) electrons. The van der Waals surface area contributed by atoms with E-state index in [0.29, 0.717) is 0 Å². The third-order valence-electron chi connectivity index (χ3n) is 3.90. The van der Waals surface area contributed by atoms with Gasteiger partial charge in [0, 0.05) is 18.0 Å². The quantitative estimate of drug-likeness (QED) is 0.726. The van der Waals surface area contributed by atoms with Gasteiger partial charge in [0.15, 0.2) is 5.65 Å². The minimum atomic E-state index is 0.808. The average Bonchev–Trinajstić information content (AvgIpc) is 2.97. The van der Waals surface area contributed by atoms with E-state index in [4.69, 9.17) is 0 Å². The van der Waals surface area contributed by atoms with Gasteiger partial charge in [-0.15, -0.1) is 11.3 Å². The van der Waals surface area contributed by atoms with Crippen molar-refractivity contribution in [3.63, 3.8) is 0 Å². The smallest absolute Gasteiger partial charge is 0.167 e. The standard InChI is InChI=1S/C14H17N5S/c1-3-5-18-6-4-10-11(7-18)20-14-12(10)13-16-9(2)17-19(13)8-15-14/h8H,3-7H2,1-2H3. The molecule has 0 saturated carbocycles. The Bertz CT molecular complexity index is 788. The van der Waals surface area contributed by atoms with E-state index < -0.39 is 0 Å². The first kappa shape index (κ1) is 12.2. The number of thiophene rings is 1. The summed E-state index contributed by atoms with van der Waals surface area (Å²) < 4.78 is 1.81. The molecule has 0 amide bonds. The Morgan fingerprint density at radius 1 is 1.40 bits per heavy atom. The second kappa shape index (κ2) is 4.49. The van der Waals surface area contributed by atoms with E-state index in [2.05, 4.69) is 26.9 Å². The molecule has 1 aliphatic rings. The van der Waals surface area contributed by atoms with Crippen LogP contribution >= 0.6 is 11.3 Å². The molecule has 0 N–H and O–H groups in total. The maximum atomic E-state index is 4.58. The first-order chi connectivity index (χ1) is 9.76. The van der Waals surface area contributed by atoms with Crippen molar-refractivity contribution in [1.82, 2.24) is 24.5 Å². The normalized spacial score (nSPS) is 16.1. The van der Waals surface area contributed by atoms with Crippen LogP contribution in [-0.2, 0) is 13.0 Å². The number of fused-ring (bicyclic) bond motifs is 5. The molecule has 0 aromatic carbocycles. The van der Waals surface area contributed by atoms with E-state index in [-0.39, 0.29) is 0 Å². The number of hydrogen-bond donors (Lipinski definition) is 0. The molecule has 0 fully saturated rings. The number of aromatic nitrogens is 4. The van der Waals surface area contributed by atoms with E-state index in [1.165, 1.54) is 28.8 Å². The summed E-state index contributed by atoms with van der Waals surface area (Å²) in [6, 6.07) is 0. The third-order valence-corrected chi connectivity index (χ3v) is 5.03. The van der Waals surface area contributed by atoms with E-state index in [9.17, 15) is 0 Å². The molecule has 5 nitrogen and oxygen atoms in total. The second-order valence-electron chi connectivity index (χ2n) is 5.38. The molecule has 0 unspecified atom stereocenters. The molecule has 3 aromatic heterocycles. The SMILES string of the molecule is CCCN1CCc2c(sc3ncn4nc(C)nc4c23)C1. The molecule has 0 spiro atoms. The molecule has 0 atom stereocenters. The van der Waals surface area contributed by atoms with Crippen LogP contribution in [0.25, 0.3) is 15.9 Å². The Kier molecular flexibility index (Phi) is 2.75. The Morgan fingerprint density at radius 2 is 2.30 bits per heavy atom. The largest absolute Gasteiger partial charge is 0.298 e. The maximum absolute atomic E-state index is 4.58. The van der Waals surface area contributed by atoms with Crippen molar-refractivity contribution in [1.29, 1.82) is 0 Å². The lowest BCUT2D eigenvalue weighted by atomic mass is 10.1. The Hall–Kier alpha value is -1.53. The van der Waals surface area contributed by atoms with Gasteiger partial charge in [0.1, 0.15) is 17.0 Å². The van der Waals surface area contributed by atoms with Gasteiger partial charge in [0.05, 0.1) is 5.39 Å². The minimum absolute atomic E-state index is 0.808. The van der Waals surface area contributed by atoms with Gasteiger partial charge >= 0.3 is 0 Å². The molecule has 104 valence electrons. The number of aryl methyl sites for hydroxylation is 1. The van der Waals surface area contributed by atoms with Gasteiger partial charge in [-0.1, -0.05) is 6.92 Å². The van der Waals surface area contributed by atoms with Gasteiger partial charge in [-0.3, -0.25) is 4.90 Å². The predicted octanol–water partition coefficient (Wildman–Crippen LogP) is 2.42. The highest BCUT2D eigenvalue weighted by Gasteiger charge is 2.23. The summed E-state index contributed by atoms with van der Waals surface area (Å²) in [6.45, 7) is 7.55. The van der Waals surface area contributed by atoms with Crippen LogP contribution in [0.15, 0.2) is 6.33 Å². The van der Waals surface area contributed by atoms with Crippen molar-refractivity contribution < 1.29 is 0 Å². The lowest BCUT2D eigenvalue weighted by Gasteiger charge is -2.26. The zero-order chi connectivity index (χ0) is 13.7. The summed E-state index contributed by atoms with van der Waals surface area (Å²) in [7, 11) is 0. The predicted molar refractivity (Wildman–Crippen MR) is 80.2 cm³/mol. The zero-order valence-corrected chi connectivity index (χ0v) is 12.6. The third kappa shape index (κ3) is 1.75. The summed E-state index contributed by atoms with van der Waals surface area (Å²) in [5, 5.41) is 5.60. The Balaban J connectivity index is 1.91. The molecule has 0 saturated heterocycles. The molecule has 20 heavy (non-hydrogen) atoms. The van der Waals surface area contributed by atoms with E-state index >= 15 is 0 Å². The van der Waals surface area contributed by atoms with E-state index in [0.717, 1.165) is 35.8 Å². The van der Waals surface area contributed by atoms with Gasteiger partial charge in [0.2, 0.25) is 0 Å². The average molecular weight is 287 g/mol. The van der Waals surface area contributed by atoms with Crippen LogP contribution in [0.2, 0.25) is 0 Å². The Labute approximate surface area is 121 Å². The molecule has 4 heterocycles. The molecule has 0 bridgehead atoms. The molecule has 0 aliphatic carbocycles. The van der Waals surface area contributed by atoms with E-state index in [1.807, 2.05) is 22.8 Å². The van der Waals surface area contributed by atoms with Crippen molar-refractivity contribution in [3.8, 4) is 0 Å². The minimum Gasteiger partial charge on any atom is -0.298 e. The molecule has 1 aliphatic heterocycles. The lowest BCUT2D eigenvalue weighted by molar-refractivity contribution is 0.258. The molecular weight excluding hydrogens is 270 g/mol. The number of hydrogen-bond acceptors (Lipinski definition) is 5. The van der Waals surface area contributed by atoms with Crippen LogP contribution in [0.1, 0.15) is 29.6 Å². The number of rotatable bonds is 2. The number of nitrogens with zero attached hydrogens (tertiary/aromatic N) is 5. The topological polar surface area (TPSA) is 46.3 Å². The fourth-order valence-corrected chi connectivity index (χ4v) is 4.28. The second-order valence-corrected chi connectivity index (χ2v) is 6.47. The molecule has 4 rings (SSSR count). The van der Waals surface area contributed by atoms with Crippen molar-refractivity contribution in [2.75, 3.05) is 13.1 Å². The lowest BCUT2D eigenvalue weighted by Crippen LogP contribution is -2.30. The first-order valence-corrected chi connectivity index (χ1v) is 7.92.